The number of halogens is 2. The lowest BCUT2D eigenvalue weighted by atomic mass is 9.90. The molecule has 9 heteroatoms. The highest BCUT2D eigenvalue weighted by Gasteiger charge is 2.29. The molecule has 0 bridgehead atoms. The van der Waals surface area contributed by atoms with Crippen molar-refractivity contribution in [3.8, 4) is 0 Å². The molecule has 2 fully saturated rings. The average molecular weight is 525 g/mol. The minimum absolute atomic E-state index is 0.183. The Hall–Kier alpha value is -3.23. The van der Waals surface area contributed by atoms with Gasteiger partial charge in [-0.25, -0.2) is 4.39 Å². The maximum absolute atomic E-state index is 13.4. The van der Waals surface area contributed by atoms with Gasteiger partial charge in [0, 0.05) is 56.4 Å². The average Bonchev–Trinajstić information content (AvgIpc) is 3.31. The van der Waals surface area contributed by atoms with E-state index in [9.17, 15) is 18.8 Å². The van der Waals surface area contributed by atoms with E-state index in [2.05, 4.69) is 9.88 Å². The number of H-pyrrole nitrogens is 1. The van der Waals surface area contributed by atoms with Gasteiger partial charge in [0.2, 0.25) is 0 Å². The number of rotatable bonds is 5. The van der Waals surface area contributed by atoms with Crippen LogP contribution in [0.5, 0.6) is 0 Å². The van der Waals surface area contributed by atoms with Crippen LogP contribution in [0.3, 0.4) is 0 Å². The molecule has 0 spiro atoms. The SMILES string of the molecule is CN1CCN(C(=O)C(=O)c2c[nH]c3cc(Cl)c(C(=O)N4CCC(Cc5ccc(F)cc5)CC4)cc23)CC1. The van der Waals surface area contributed by atoms with Crippen LogP contribution in [0.1, 0.15) is 39.1 Å². The molecule has 2 amide bonds. The Bertz CT molecular complexity index is 1320. The fourth-order valence-corrected chi connectivity index (χ4v) is 5.47. The topological polar surface area (TPSA) is 76.7 Å². The summed E-state index contributed by atoms with van der Waals surface area (Å²) >= 11 is 6.49. The van der Waals surface area contributed by atoms with Gasteiger partial charge in [-0.05, 0) is 62.1 Å². The van der Waals surface area contributed by atoms with Crippen molar-refractivity contribution in [3.05, 3.63) is 70.1 Å². The first-order chi connectivity index (χ1) is 17.8. The third-order valence-corrected chi connectivity index (χ3v) is 7.88. The summed E-state index contributed by atoms with van der Waals surface area (Å²) in [5, 5.41) is 0.823. The number of piperazine rings is 1. The minimum atomic E-state index is -0.585. The molecular weight excluding hydrogens is 495 g/mol. The van der Waals surface area contributed by atoms with E-state index in [1.807, 2.05) is 19.2 Å². The number of ketones is 1. The van der Waals surface area contributed by atoms with Crippen LogP contribution in [0.15, 0.2) is 42.6 Å². The maximum atomic E-state index is 13.4. The molecule has 0 radical (unpaired) electrons. The molecule has 2 aromatic carbocycles. The number of nitrogens with one attached hydrogen (secondary N) is 1. The fraction of sp³-hybridized carbons (Fsp3) is 0.393. The molecule has 37 heavy (non-hydrogen) atoms. The molecule has 0 unspecified atom stereocenters. The highest BCUT2D eigenvalue weighted by atomic mass is 35.5. The summed E-state index contributed by atoms with van der Waals surface area (Å²) in [6.45, 7) is 3.66. The summed E-state index contributed by atoms with van der Waals surface area (Å²) in [6, 6.07) is 9.85. The van der Waals surface area contributed by atoms with E-state index >= 15 is 0 Å². The van der Waals surface area contributed by atoms with Crippen molar-refractivity contribution in [3.63, 3.8) is 0 Å². The number of hydrogen-bond acceptors (Lipinski definition) is 4. The van der Waals surface area contributed by atoms with Gasteiger partial charge in [-0.3, -0.25) is 14.4 Å². The van der Waals surface area contributed by atoms with Gasteiger partial charge in [0.1, 0.15) is 5.82 Å². The minimum Gasteiger partial charge on any atom is -0.360 e. The third kappa shape index (κ3) is 5.40. The predicted molar refractivity (Wildman–Crippen MR) is 140 cm³/mol. The first-order valence-electron chi connectivity index (χ1n) is 12.7. The molecule has 1 N–H and O–H groups in total. The molecule has 7 nitrogen and oxygen atoms in total. The number of likely N-dealkylation sites (tertiary alicyclic amines) is 1. The van der Waals surface area contributed by atoms with E-state index in [1.165, 1.54) is 18.3 Å². The van der Waals surface area contributed by atoms with E-state index in [1.54, 1.807) is 21.9 Å². The van der Waals surface area contributed by atoms with Crippen LogP contribution in [0.2, 0.25) is 5.02 Å². The first-order valence-corrected chi connectivity index (χ1v) is 13.0. The van der Waals surface area contributed by atoms with Crippen LogP contribution in [-0.4, -0.2) is 83.6 Å². The zero-order chi connectivity index (χ0) is 26.1. The number of fused-ring (bicyclic) bond motifs is 1. The number of nitrogens with zero attached hydrogens (tertiary/aromatic N) is 3. The van der Waals surface area contributed by atoms with Gasteiger partial charge in [-0.1, -0.05) is 23.7 Å². The molecule has 0 saturated carbocycles. The molecule has 194 valence electrons. The van der Waals surface area contributed by atoms with Gasteiger partial charge in [-0.2, -0.15) is 0 Å². The lowest BCUT2D eigenvalue weighted by Gasteiger charge is -2.32. The molecule has 0 aliphatic carbocycles. The lowest BCUT2D eigenvalue weighted by Crippen LogP contribution is -2.49. The van der Waals surface area contributed by atoms with E-state index in [-0.39, 0.29) is 17.3 Å². The predicted octanol–water partition coefficient (Wildman–Crippen LogP) is 4.01. The number of carbonyl (C=O) groups excluding carboxylic acids is 3. The number of hydrogen-bond donors (Lipinski definition) is 1. The smallest absolute Gasteiger partial charge is 0.295 e. The number of aromatic nitrogens is 1. The van der Waals surface area contributed by atoms with Crippen LogP contribution in [0.25, 0.3) is 10.9 Å². The van der Waals surface area contributed by atoms with E-state index < -0.39 is 11.7 Å². The van der Waals surface area contributed by atoms with E-state index in [4.69, 9.17) is 11.6 Å². The normalized spacial score (nSPS) is 17.4. The van der Waals surface area contributed by atoms with Crippen molar-refractivity contribution in [2.24, 2.45) is 5.92 Å². The Balaban J connectivity index is 1.29. The quantitative estimate of drug-likeness (QED) is 0.404. The second kappa shape index (κ2) is 10.6. The lowest BCUT2D eigenvalue weighted by molar-refractivity contribution is -0.127. The molecule has 3 aromatic rings. The second-order valence-electron chi connectivity index (χ2n) is 10.1. The van der Waals surface area contributed by atoms with Crippen molar-refractivity contribution in [2.75, 3.05) is 46.3 Å². The van der Waals surface area contributed by atoms with Crippen molar-refractivity contribution >= 4 is 40.1 Å². The number of aromatic amines is 1. The Morgan fingerprint density at radius 1 is 0.946 bits per heavy atom. The molecule has 0 atom stereocenters. The third-order valence-electron chi connectivity index (χ3n) is 7.57. The maximum Gasteiger partial charge on any atom is 0.295 e. The van der Waals surface area contributed by atoms with Gasteiger partial charge in [0.05, 0.1) is 16.1 Å². The number of likely N-dealkylation sites (N-methyl/N-ethyl adjacent to an activating group) is 1. The highest BCUT2D eigenvalue weighted by Crippen LogP contribution is 2.30. The van der Waals surface area contributed by atoms with Crippen molar-refractivity contribution < 1.29 is 18.8 Å². The summed E-state index contributed by atoms with van der Waals surface area (Å²) in [5.41, 5.74) is 2.28. The van der Waals surface area contributed by atoms with Gasteiger partial charge in [-0.15, -0.1) is 0 Å². The van der Waals surface area contributed by atoms with E-state index in [0.29, 0.717) is 53.6 Å². The Morgan fingerprint density at radius 3 is 2.30 bits per heavy atom. The molecule has 2 saturated heterocycles. The van der Waals surface area contributed by atoms with Crippen molar-refractivity contribution in [1.29, 1.82) is 0 Å². The summed E-state index contributed by atoms with van der Waals surface area (Å²) in [6.07, 6.45) is 4.06. The molecular formula is C28H30ClFN4O3. The summed E-state index contributed by atoms with van der Waals surface area (Å²) in [7, 11) is 1.99. The molecule has 5 rings (SSSR count). The Morgan fingerprint density at radius 2 is 1.62 bits per heavy atom. The summed E-state index contributed by atoms with van der Waals surface area (Å²) in [5.74, 6) is -1.12. The standard InChI is InChI=1S/C28H30ClFN4O3/c1-32-10-12-34(13-11-32)28(37)26(35)23-17-31-25-16-24(29)22(15-21(23)25)27(36)33-8-6-19(7-9-33)14-18-2-4-20(30)5-3-18/h2-5,15-17,19,31H,6-14H2,1H3. The van der Waals surface area contributed by atoms with Gasteiger partial charge >= 0.3 is 0 Å². The highest BCUT2D eigenvalue weighted by molar-refractivity contribution is 6.45. The van der Waals surface area contributed by atoms with Crippen LogP contribution in [-0.2, 0) is 11.2 Å². The van der Waals surface area contributed by atoms with Crippen LogP contribution in [0, 0.1) is 11.7 Å². The van der Waals surface area contributed by atoms with Gasteiger partial charge in [0.15, 0.2) is 0 Å². The number of benzene rings is 2. The summed E-state index contributed by atoms with van der Waals surface area (Å²) < 4.78 is 13.2. The van der Waals surface area contributed by atoms with Gasteiger partial charge < -0.3 is 19.7 Å². The van der Waals surface area contributed by atoms with E-state index in [0.717, 1.165) is 37.9 Å². The molecule has 2 aliphatic rings. The monoisotopic (exact) mass is 524 g/mol. The zero-order valence-electron chi connectivity index (χ0n) is 20.8. The molecule has 3 heterocycles. The zero-order valence-corrected chi connectivity index (χ0v) is 21.6. The van der Waals surface area contributed by atoms with Crippen LogP contribution >= 0.6 is 11.6 Å². The molecule has 2 aliphatic heterocycles. The van der Waals surface area contributed by atoms with Gasteiger partial charge in [0.25, 0.3) is 17.6 Å². The largest absolute Gasteiger partial charge is 0.360 e. The van der Waals surface area contributed by atoms with Crippen molar-refractivity contribution in [1.82, 2.24) is 19.7 Å². The van der Waals surface area contributed by atoms with Crippen molar-refractivity contribution in [2.45, 2.75) is 19.3 Å². The Kier molecular flexibility index (Phi) is 7.31. The number of carbonyl (C=O) groups is 3. The summed E-state index contributed by atoms with van der Waals surface area (Å²) in [4.78, 5) is 47.9. The number of amides is 2. The Labute approximate surface area is 220 Å². The number of piperidine rings is 1. The number of Topliss-reactive ketones (excluding diaryl/α,β-unsaturated/α-hetero) is 1. The second-order valence-corrected chi connectivity index (χ2v) is 10.5. The van der Waals surface area contributed by atoms with Crippen LogP contribution in [0.4, 0.5) is 4.39 Å². The first kappa shape index (κ1) is 25.4. The van der Waals surface area contributed by atoms with Crippen LogP contribution < -0.4 is 0 Å². The fourth-order valence-electron chi connectivity index (χ4n) is 5.23. The molecule has 1 aromatic heterocycles.